The molecule has 0 saturated heterocycles. The number of carbonyl (C=O) groups is 1. The minimum Gasteiger partial charge on any atom is -0.380 e. The van der Waals surface area contributed by atoms with Crippen LogP contribution in [0.25, 0.3) is 10.9 Å². The van der Waals surface area contributed by atoms with Gasteiger partial charge in [-0.25, -0.2) is 0 Å². The quantitative estimate of drug-likeness (QED) is 0.850. The number of amides is 1. The lowest BCUT2D eigenvalue weighted by molar-refractivity contribution is 0.0872. The Hall–Kier alpha value is -1.81. The smallest absolute Gasteiger partial charge is 0.251 e. The number of nitrogens with one attached hydrogen (secondary N) is 2. The summed E-state index contributed by atoms with van der Waals surface area (Å²) in [4.78, 5) is 15.1. The maximum Gasteiger partial charge on any atom is 0.251 e. The topological polar surface area (TPSA) is 54.1 Å². The van der Waals surface area contributed by atoms with Crippen molar-refractivity contribution >= 4 is 16.8 Å². The second-order valence-corrected chi connectivity index (χ2v) is 4.31. The first-order valence-electron chi connectivity index (χ1n) is 6.16. The molecule has 0 bridgehead atoms. The maximum absolute atomic E-state index is 12.0. The summed E-state index contributed by atoms with van der Waals surface area (Å²) in [5.74, 6) is -0.0645. The van der Waals surface area contributed by atoms with Crippen LogP contribution in [0.1, 0.15) is 24.2 Å². The van der Waals surface area contributed by atoms with E-state index in [0.29, 0.717) is 18.8 Å². The zero-order valence-electron chi connectivity index (χ0n) is 10.7. The third kappa shape index (κ3) is 2.90. The molecule has 1 aromatic heterocycles. The molecule has 0 aliphatic heterocycles. The second kappa shape index (κ2) is 5.69. The van der Waals surface area contributed by atoms with Crippen LogP contribution in [0.2, 0.25) is 0 Å². The van der Waals surface area contributed by atoms with Crippen LogP contribution in [0, 0.1) is 0 Å². The molecular formula is C14H18N2O2. The lowest BCUT2D eigenvalue weighted by Gasteiger charge is -2.13. The number of hydrogen-bond donors (Lipinski definition) is 2. The fraction of sp³-hybridized carbons (Fsp3) is 0.357. The van der Waals surface area contributed by atoms with Crippen molar-refractivity contribution in [2.75, 3.05) is 13.2 Å². The van der Waals surface area contributed by atoms with E-state index in [-0.39, 0.29) is 11.9 Å². The molecule has 1 amide bonds. The number of rotatable bonds is 5. The van der Waals surface area contributed by atoms with Crippen molar-refractivity contribution in [3.05, 3.63) is 36.0 Å². The van der Waals surface area contributed by atoms with E-state index in [1.165, 1.54) is 0 Å². The van der Waals surface area contributed by atoms with Crippen molar-refractivity contribution in [3.63, 3.8) is 0 Å². The number of ether oxygens (including phenoxy) is 1. The van der Waals surface area contributed by atoms with Crippen LogP contribution in [0.4, 0.5) is 0 Å². The molecule has 2 rings (SSSR count). The number of fused-ring (bicyclic) bond motifs is 1. The second-order valence-electron chi connectivity index (χ2n) is 4.31. The van der Waals surface area contributed by atoms with Crippen molar-refractivity contribution < 1.29 is 9.53 Å². The van der Waals surface area contributed by atoms with Gasteiger partial charge in [0.2, 0.25) is 0 Å². The van der Waals surface area contributed by atoms with E-state index in [4.69, 9.17) is 4.74 Å². The Labute approximate surface area is 106 Å². The average Bonchev–Trinajstić information content (AvgIpc) is 2.83. The fourth-order valence-electron chi connectivity index (χ4n) is 1.84. The molecule has 2 aromatic rings. The molecule has 0 saturated carbocycles. The third-order valence-electron chi connectivity index (χ3n) is 2.76. The molecule has 0 aliphatic carbocycles. The Bertz CT molecular complexity index is 533. The van der Waals surface area contributed by atoms with Crippen molar-refractivity contribution in [1.82, 2.24) is 10.3 Å². The van der Waals surface area contributed by atoms with Gasteiger partial charge in [0.05, 0.1) is 6.61 Å². The van der Waals surface area contributed by atoms with Crippen molar-refractivity contribution in [2.24, 2.45) is 0 Å². The van der Waals surface area contributed by atoms with Gasteiger partial charge in [-0.3, -0.25) is 4.79 Å². The Kier molecular flexibility index (Phi) is 3.99. The van der Waals surface area contributed by atoms with E-state index in [2.05, 4.69) is 10.3 Å². The SMILES string of the molecule is CCOCC(C)NC(=O)c1ccc2[nH]ccc2c1. The minimum atomic E-state index is -0.0645. The highest BCUT2D eigenvalue weighted by atomic mass is 16.5. The van der Waals surface area contributed by atoms with Crippen LogP contribution in [-0.2, 0) is 4.74 Å². The van der Waals surface area contributed by atoms with Gasteiger partial charge >= 0.3 is 0 Å². The summed E-state index contributed by atoms with van der Waals surface area (Å²) in [5.41, 5.74) is 1.71. The van der Waals surface area contributed by atoms with Crippen LogP contribution in [0.3, 0.4) is 0 Å². The summed E-state index contributed by atoms with van der Waals surface area (Å²) in [7, 11) is 0. The number of hydrogen-bond acceptors (Lipinski definition) is 2. The molecule has 1 unspecified atom stereocenters. The predicted molar refractivity (Wildman–Crippen MR) is 71.7 cm³/mol. The van der Waals surface area contributed by atoms with E-state index in [1.807, 2.05) is 44.3 Å². The predicted octanol–water partition coefficient (Wildman–Crippen LogP) is 2.32. The van der Waals surface area contributed by atoms with Gasteiger partial charge in [0.25, 0.3) is 5.91 Å². The van der Waals surface area contributed by atoms with E-state index >= 15 is 0 Å². The first kappa shape index (κ1) is 12.6. The molecule has 0 spiro atoms. The zero-order valence-corrected chi connectivity index (χ0v) is 10.7. The highest BCUT2D eigenvalue weighted by Gasteiger charge is 2.10. The number of aromatic amines is 1. The van der Waals surface area contributed by atoms with Crippen molar-refractivity contribution in [2.45, 2.75) is 19.9 Å². The van der Waals surface area contributed by atoms with Gasteiger partial charge in [0, 0.05) is 35.3 Å². The third-order valence-corrected chi connectivity index (χ3v) is 2.76. The summed E-state index contributed by atoms with van der Waals surface area (Å²) < 4.78 is 5.27. The molecular weight excluding hydrogens is 228 g/mol. The average molecular weight is 246 g/mol. The molecule has 2 N–H and O–H groups in total. The van der Waals surface area contributed by atoms with E-state index in [9.17, 15) is 4.79 Å². The van der Waals surface area contributed by atoms with Gasteiger partial charge in [-0.2, -0.15) is 0 Å². The van der Waals surface area contributed by atoms with E-state index < -0.39 is 0 Å². The van der Waals surface area contributed by atoms with Crippen LogP contribution >= 0.6 is 0 Å². The Morgan fingerprint density at radius 1 is 1.44 bits per heavy atom. The van der Waals surface area contributed by atoms with Crippen LogP contribution in [0.15, 0.2) is 30.5 Å². The Balaban J connectivity index is 2.03. The number of carbonyl (C=O) groups excluding carboxylic acids is 1. The Morgan fingerprint density at radius 3 is 3.06 bits per heavy atom. The largest absolute Gasteiger partial charge is 0.380 e. The number of H-pyrrole nitrogens is 1. The maximum atomic E-state index is 12.0. The lowest BCUT2D eigenvalue weighted by Crippen LogP contribution is -2.35. The van der Waals surface area contributed by atoms with Crippen LogP contribution in [-0.4, -0.2) is 30.1 Å². The summed E-state index contributed by atoms with van der Waals surface area (Å²) in [6.45, 7) is 5.07. The molecule has 1 atom stereocenters. The molecule has 4 nitrogen and oxygen atoms in total. The molecule has 0 radical (unpaired) electrons. The van der Waals surface area contributed by atoms with Crippen molar-refractivity contribution in [1.29, 1.82) is 0 Å². The van der Waals surface area contributed by atoms with Gasteiger partial charge in [0.15, 0.2) is 0 Å². The molecule has 0 fully saturated rings. The summed E-state index contributed by atoms with van der Waals surface area (Å²) in [5, 5.41) is 3.96. The van der Waals surface area contributed by atoms with Gasteiger partial charge in [-0.1, -0.05) is 0 Å². The first-order chi connectivity index (χ1) is 8.70. The molecule has 4 heteroatoms. The first-order valence-corrected chi connectivity index (χ1v) is 6.16. The number of aromatic nitrogens is 1. The summed E-state index contributed by atoms with van der Waals surface area (Å²) in [6.07, 6.45) is 1.87. The fourth-order valence-corrected chi connectivity index (χ4v) is 1.84. The van der Waals surface area contributed by atoms with E-state index in [1.54, 1.807) is 0 Å². The summed E-state index contributed by atoms with van der Waals surface area (Å²) in [6, 6.07) is 7.59. The lowest BCUT2D eigenvalue weighted by atomic mass is 10.1. The van der Waals surface area contributed by atoms with E-state index in [0.717, 1.165) is 10.9 Å². The summed E-state index contributed by atoms with van der Waals surface area (Å²) >= 11 is 0. The molecule has 0 aliphatic rings. The van der Waals surface area contributed by atoms with Gasteiger partial charge in [0.1, 0.15) is 0 Å². The highest BCUT2D eigenvalue weighted by Crippen LogP contribution is 2.14. The molecule has 96 valence electrons. The van der Waals surface area contributed by atoms with Crippen LogP contribution in [0.5, 0.6) is 0 Å². The Morgan fingerprint density at radius 2 is 2.28 bits per heavy atom. The standard InChI is InChI=1S/C14H18N2O2/c1-3-18-9-10(2)16-14(17)12-4-5-13-11(8-12)6-7-15-13/h4-8,10,15H,3,9H2,1-2H3,(H,16,17). The number of benzene rings is 1. The van der Waals surface area contributed by atoms with Gasteiger partial charge < -0.3 is 15.0 Å². The zero-order chi connectivity index (χ0) is 13.0. The highest BCUT2D eigenvalue weighted by molar-refractivity contribution is 5.98. The van der Waals surface area contributed by atoms with Crippen molar-refractivity contribution in [3.8, 4) is 0 Å². The minimum absolute atomic E-state index is 0.0133. The molecule has 1 heterocycles. The molecule has 18 heavy (non-hydrogen) atoms. The van der Waals surface area contributed by atoms with Gasteiger partial charge in [-0.15, -0.1) is 0 Å². The monoisotopic (exact) mass is 246 g/mol. The van der Waals surface area contributed by atoms with Gasteiger partial charge in [-0.05, 0) is 38.1 Å². The van der Waals surface area contributed by atoms with Crippen LogP contribution < -0.4 is 5.32 Å². The normalized spacial score (nSPS) is 12.6. The molecule has 1 aromatic carbocycles.